The molecule has 2 aliphatic rings. The molecule has 0 fully saturated rings. The van der Waals surface area contributed by atoms with Crippen LogP contribution in [0.1, 0.15) is 107 Å². The van der Waals surface area contributed by atoms with Gasteiger partial charge in [-0.25, -0.2) is 9.48 Å². The largest absolute Gasteiger partial charge is 0.443 e. The van der Waals surface area contributed by atoms with Crippen molar-refractivity contribution < 1.29 is 23.9 Å². The first kappa shape index (κ1) is 41.7. The lowest BCUT2D eigenvalue weighted by Crippen LogP contribution is -2.45. The number of aromatic nitrogens is 3. The molecular weight excluding hydrogens is 757 g/mol. The van der Waals surface area contributed by atoms with Crippen LogP contribution in [0.3, 0.4) is 0 Å². The van der Waals surface area contributed by atoms with E-state index in [1.807, 2.05) is 142 Å². The van der Waals surface area contributed by atoms with Crippen LogP contribution in [0.15, 0.2) is 103 Å². The first-order chi connectivity index (χ1) is 28.7. The molecule has 5 aromatic rings. The Hall–Kier alpha value is -6.50. The maximum atomic E-state index is 13.9. The van der Waals surface area contributed by atoms with Crippen molar-refractivity contribution in [1.82, 2.24) is 15.0 Å². The van der Waals surface area contributed by atoms with Crippen molar-refractivity contribution in [3.05, 3.63) is 126 Å². The van der Waals surface area contributed by atoms with E-state index in [1.54, 1.807) is 15.8 Å². The van der Waals surface area contributed by atoms with E-state index in [2.05, 4.69) is 33.9 Å². The summed E-state index contributed by atoms with van der Waals surface area (Å²) in [6, 6.07) is 30.6. The number of nitrogens with zero attached hydrogens (tertiary/aromatic N) is 6. The fraction of sp³-hybridized carbons (Fsp3) is 0.362. The summed E-state index contributed by atoms with van der Waals surface area (Å²) in [5, 5.41) is 14.9. The summed E-state index contributed by atoms with van der Waals surface area (Å²) >= 11 is 0. The number of hydrogen-bond acceptors (Lipinski definition) is 8. The third-order valence-corrected chi connectivity index (χ3v) is 10.8. The lowest BCUT2D eigenvalue weighted by molar-refractivity contribution is -0.121. The predicted octanol–water partition coefficient (Wildman–Crippen LogP) is 9.14. The number of carbonyl (C=O) groups excluding carboxylic acids is 4. The Morgan fingerprint density at radius 2 is 1.52 bits per heavy atom. The van der Waals surface area contributed by atoms with E-state index in [9.17, 15) is 19.2 Å². The van der Waals surface area contributed by atoms with Gasteiger partial charge in [-0.3, -0.25) is 19.3 Å². The summed E-state index contributed by atoms with van der Waals surface area (Å²) in [6.45, 7) is 14.1. The van der Waals surface area contributed by atoms with Crippen molar-refractivity contribution >= 4 is 52.3 Å². The van der Waals surface area contributed by atoms with Gasteiger partial charge in [-0.15, -0.1) is 5.10 Å². The minimum Gasteiger partial charge on any atom is -0.443 e. The lowest BCUT2D eigenvalue weighted by atomic mass is 9.91. The Morgan fingerprint density at radius 1 is 0.867 bits per heavy atom. The molecule has 0 unspecified atom stereocenters. The predicted molar refractivity (Wildman–Crippen MR) is 234 cm³/mol. The number of carbonyl (C=O) groups is 4. The van der Waals surface area contributed by atoms with E-state index < -0.39 is 11.7 Å². The minimum absolute atomic E-state index is 0.0241. The third-order valence-electron chi connectivity index (χ3n) is 10.8. The average Bonchev–Trinajstić information content (AvgIpc) is 3.70. The van der Waals surface area contributed by atoms with Crippen LogP contribution >= 0.6 is 0 Å². The molecule has 60 heavy (non-hydrogen) atoms. The van der Waals surface area contributed by atoms with Gasteiger partial charge < -0.3 is 25.2 Å². The Balaban J connectivity index is 1.01. The van der Waals surface area contributed by atoms with Crippen LogP contribution in [0, 0.1) is 5.92 Å². The van der Waals surface area contributed by atoms with Crippen LogP contribution in [0.4, 0.5) is 33.2 Å². The second kappa shape index (κ2) is 17.4. The van der Waals surface area contributed by atoms with Gasteiger partial charge in [0.25, 0.3) is 5.91 Å². The Labute approximate surface area is 351 Å². The van der Waals surface area contributed by atoms with Gasteiger partial charge >= 0.3 is 6.09 Å². The van der Waals surface area contributed by atoms with Gasteiger partial charge in [0.2, 0.25) is 11.8 Å². The molecular formula is C47H54N8O5. The number of para-hydroxylation sites is 2. The zero-order valence-corrected chi connectivity index (χ0v) is 35.4. The topological polar surface area (TPSA) is 142 Å². The van der Waals surface area contributed by atoms with Gasteiger partial charge in [-0.05, 0) is 106 Å². The maximum Gasteiger partial charge on any atom is 0.415 e. The molecule has 2 aliphatic heterocycles. The smallest absolute Gasteiger partial charge is 0.415 e. The van der Waals surface area contributed by atoms with Gasteiger partial charge in [0.1, 0.15) is 5.60 Å². The van der Waals surface area contributed by atoms with Gasteiger partial charge in [-0.2, -0.15) is 0 Å². The number of amides is 4. The summed E-state index contributed by atoms with van der Waals surface area (Å²) in [5.41, 5.74) is 6.21. The van der Waals surface area contributed by atoms with Crippen LogP contribution in [0.5, 0.6) is 0 Å². The maximum absolute atomic E-state index is 13.9. The number of hydrogen-bond donors (Lipinski definition) is 2. The third kappa shape index (κ3) is 9.05. The summed E-state index contributed by atoms with van der Waals surface area (Å²) in [5.74, 6) is -0.392. The average molecular weight is 811 g/mol. The number of rotatable bonds is 10. The highest BCUT2D eigenvalue weighted by Gasteiger charge is 2.37. The molecule has 0 saturated carbocycles. The van der Waals surface area contributed by atoms with Gasteiger partial charge in [0.05, 0.1) is 24.8 Å². The lowest BCUT2D eigenvalue weighted by Gasteiger charge is -2.40. The zero-order chi connectivity index (χ0) is 42.7. The van der Waals surface area contributed by atoms with Crippen LogP contribution in [-0.2, 0) is 20.9 Å². The van der Waals surface area contributed by atoms with E-state index in [0.717, 1.165) is 40.2 Å². The molecule has 13 nitrogen and oxygen atoms in total. The molecule has 0 saturated heterocycles. The van der Waals surface area contributed by atoms with Crippen molar-refractivity contribution in [2.75, 3.05) is 31.9 Å². The molecule has 0 bridgehead atoms. The fourth-order valence-electron chi connectivity index (χ4n) is 8.05. The van der Waals surface area contributed by atoms with Crippen LogP contribution in [0.2, 0.25) is 0 Å². The van der Waals surface area contributed by atoms with Crippen molar-refractivity contribution in [3.63, 3.8) is 0 Å². The first-order valence-corrected chi connectivity index (χ1v) is 20.7. The number of ether oxygens (including phenoxy) is 1. The van der Waals surface area contributed by atoms with Crippen molar-refractivity contribution in [3.8, 4) is 0 Å². The molecule has 4 amide bonds. The summed E-state index contributed by atoms with van der Waals surface area (Å²) in [7, 11) is 0. The molecule has 4 aromatic carbocycles. The summed E-state index contributed by atoms with van der Waals surface area (Å²) in [4.78, 5) is 58.4. The quantitative estimate of drug-likeness (QED) is 0.142. The van der Waals surface area contributed by atoms with Crippen molar-refractivity contribution in [1.29, 1.82) is 0 Å². The SMILES string of the molecule is CCC(=O)N1c2ccccc2[C@H](Nc2ccc(NC(=O)c3cn(Cc4ccc(N(C(=O)OC(C)(C)C)[C@@H]5CCN(C(=O)C(C)C)c6ccccc65)cc4)nn3)cc2)C[C@@H]1C. The molecule has 2 N–H and O–H groups in total. The zero-order valence-electron chi connectivity index (χ0n) is 35.4. The van der Waals surface area contributed by atoms with E-state index in [-0.39, 0.29) is 47.5 Å². The number of benzene rings is 4. The second-order valence-corrected chi connectivity index (χ2v) is 16.8. The molecule has 3 heterocycles. The molecule has 3 atom stereocenters. The van der Waals surface area contributed by atoms with Crippen molar-refractivity contribution in [2.45, 2.75) is 98.0 Å². The molecule has 0 aliphatic carbocycles. The summed E-state index contributed by atoms with van der Waals surface area (Å²) < 4.78 is 7.52. The molecule has 0 radical (unpaired) electrons. The van der Waals surface area contributed by atoms with Crippen molar-refractivity contribution in [2.24, 2.45) is 5.92 Å². The molecule has 0 spiro atoms. The molecule has 7 rings (SSSR count). The van der Waals surface area contributed by atoms with Crippen LogP contribution in [-0.4, -0.2) is 57.0 Å². The molecule has 1 aromatic heterocycles. The monoisotopic (exact) mass is 810 g/mol. The number of anilines is 5. The normalized spacial score (nSPS) is 17.4. The first-order valence-electron chi connectivity index (χ1n) is 20.7. The minimum atomic E-state index is -0.719. The van der Waals surface area contributed by atoms with Gasteiger partial charge in [-0.1, -0.05) is 74.5 Å². The van der Waals surface area contributed by atoms with E-state index in [4.69, 9.17) is 4.74 Å². The van der Waals surface area contributed by atoms with Crippen LogP contribution < -0.4 is 25.3 Å². The number of fused-ring (bicyclic) bond motifs is 2. The fourth-order valence-corrected chi connectivity index (χ4v) is 8.05. The second-order valence-electron chi connectivity index (χ2n) is 16.8. The Bertz CT molecular complexity index is 2350. The van der Waals surface area contributed by atoms with E-state index in [0.29, 0.717) is 37.3 Å². The number of nitrogens with one attached hydrogen (secondary N) is 2. The van der Waals surface area contributed by atoms with Crippen LogP contribution in [0.25, 0.3) is 0 Å². The highest BCUT2D eigenvalue weighted by atomic mass is 16.6. The highest BCUT2D eigenvalue weighted by Crippen LogP contribution is 2.42. The highest BCUT2D eigenvalue weighted by molar-refractivity contribution is 6.02. The Morgan fingerprint density at radius 3 is 2.18 bits per heavy atom. The molecule has 13 heteroatoms. The van der Waals surface area contributed by atoms with Gasteiger partial charge in [0, 0.05) is 53.4 Å². The van der Waals surface area contributed by atoms with E-state index in [1.165, 1.54) is 0 Å². The van der Waals surface area contributed by atoms with E-state index >= 15 is 0 Å². The Kier molecular flexibility index (Phi) is 12.1. The summed E-state index contributed by atoms with van der Waals surface area (Å²) in [6.07, 6.45) is 2.89. The van der Waals surface area contributed by atoms with Gasteiger partial charge in [0.15, 0.2) is 5.69 Å². The molecule has 312 valence electrons. The standard InChI is InChI=1S/C47H54N8O5/c1-8-43(56)54-31(4)27-38(36-13-9-12-16-41(36)54)48-33-19-21-34(22-20-33)49-44(57)39-29-52(51-50-39)28-32-17-23-35(24-18-32)55(46(59)60-47(5,6)7)42-25-26-53(45(58)30(2)3)40-15-11-10-14-37(40)42/h9-24,29-31,38,42,48H,8,25-28H2,1-7H3,(H,49,57)/t31-,38+,42+/m0/s1.